The maximum Gasteiger partial charge on any atom is 0.287 e. The first-order chi connectivity index (χ1) is 7.83. The van der Waals surface area contributed by atoms with Gasteiger partial charge < -0.3 is 14.6 Å². The van der Waals surface area contributed by atoms with E-state index in [0.29, 0.717) is 17.7 Å². The summed E-state index contributed by atoms with van der Waals surface area (Å²) in [5, 5.41) is 3.08. The summed E-state index contributed by atoms with van der Waals surface area (Å²) in [5.41, 5.74) is 0. The van der Waals surface area contributed by atoms with Gasteiger partial charge in [0.2, 0.25) is 0 Å². The lowest BCUT2D eigenvalue weighted by molar-refractivity contribution is 0.0606. The lowest BCUT2D eigenvalue weighted by Gasteiger charge is -2.44. The Morgan fingerprint density at radius 1 is 1.41 bits per heavy atom. The van der Waals surface area contributed by atoms with Crippen molar-refractivity contribution in [2.75, 3.05) is 19.6 Å². The van der Waals surface area contributed by atoms with Crippen molar-refractivity contribution < 1.29 is 9.21 Å². The van der Waals surface area contributed by atoms with E-state index in [0.717, 1.165) is 6.54 Å². The second kappa shape index (κ2) is 5.10. The van der Waals surface area contributed by atoms with Crippen LogP contribution in [-0.2, 0) is 0 Å². The lowest BCUT2D eigenvalue weighted by atomic mass is 9.84. The molecule has 3 saturated heterocycles. The van der Waals surface area contributed by atoms with Crippen molar-refractivity contribution in [1.82, 2.24) is 10.2 Å². The van der Waals surface area contributed by atoms with Crippen LogP contribution in [0.3, 0.4) is 0 Å². The number of furan rings is 1. The number of fused-ring (bicyclic) bond motifs is 3. The molecule has 3 aliphatic heterocycles. The molecule has 94 valence electrons. The molecule has 2 bridgehead atoms. The molecule has 0 saturated carbocycles. The van der Waals surface area contributed by atoms with E-state index < -0.39 is 0 Å². The Morgan fingerprint density at radius 2 is 2.18 bits per heavy atom. The van der Waals surface area contributed by atoms with Crippen LogP contribution in [0.4, 0.5) is 0 Å². The molecule has 0 aromatic carbocycles. The molecular weight excluding hydrogens is 240 g/mol. The van der Waals surface area contributed by atoms with Gasteiger partial charge >= 0.3 is 0 Å². The van der Waals surface area contributed by atoms with Crippen LogP contribution in [0.5, 0.6) is 0 Å². The van der Waals surface area contributed by atoms with E-state index in [4.69, 9.17) is 4.42 Å². The third kappa shape index (κ3) is 2.48. The molecule has 5 heteroatoms. The highest BCUT2D eigenvalue weighted by molar-refractivity contribution is 5.91. The number of nitrogens with zero attached hydrogens (tertiary/aromatic N) is 1. The first kappa shape index (κ1) is 12.5. The Hall–Kier alpha value is -1.00. The van der Waals surface area contributed by atoms with Crippen molar-refractivity contribution in [2.45, 2.75) is 18.9 Å². The van der Waals surface area contributed by atoms with Gasteiger partial charge in [0.25, 0.3) is 5.91 Å². The van der Waals surface area contributed by atoms with Gasteiger partial charge in [0.05, 0.1) is 6.26 Å². The molecule has 4 rings (SSSR count). The maximum absolute atomic E-state index is 11.8. The Labute approximate surface area is 107 Å². The minimum atomic E-state index is -0.0799. The molecule has 4 heterocycles. The molecule has 1 N–H and O–H groups in total. The summed E-state index contributed by atoms with van der Waals surface area (Å²) in [7, 11) is 0. The average molecular weight is 257 g/mol. The minimum absolute atomic E-state index is 0. The van der Waals surface area contributed by atoms with Crippen molar-refractivity contribution in [2.24, 2.45) is 5.92 Å². The molecule has 1 unspecified atom stereocenters. The second-order valence-corrected chi connectivity index (χ2v) is 4.70. The van der Waals surface area contributed by atoms with Gasteiger partial charge in [-0.25, -0.2) is 0 Å². The molecule has 0 aliphatic carbocycles. The number of amides is 1. The number of nitrogens with one attached hydrogen (secondary N) is 1. The van der Waals surface area contributed by atoms with Gasteiger partial charge in [0.1, 0.15) is 0 Å². The SMILES string of the molecule is Cl.O=C(NC1CN2CCC1CC2)c1ccco1. The number of rotatable bonds is 2. The lowest BCUT2D eigenvalue weighted by Crippen LogP contribution is -2.57. The van der Waals surface area contributed by atoms with Gasteiger partial charge in [-0.1, -0.05) is 0 Å². The Morgan fingerprint density at radius 3 is 2.71 bits per heavy atom. The van der Waals surface area contributed by atoms with Crippen molar-refractivity contribution in [3.05, 3.63) is 24.2 Å². The normalized spacial score (nSPS) is 30.7. The first-order valence-electron chi connectivity index (χ1n) is 5.89. The van der Waals surface area contributed by atoms with Crippen LogP contribution >= 0.6 is 12.4 Å². The van der Waals surface area contributed by atoms with E-state index in [1.807, 2.05) is 0 Å². The summed E-state index contributed by atoms with van der Waals surface area (Å²) in [6.07, 6.45) is 3.96. The Kier molecular flexibility index (Phi) is 3.74. The van der Waals surface area contributed by atoms with Crippen LogP contribution in [0.15, 0.2) is 22.8 Å². The maximum atomic E-state index is 11.8. The Bertz CT molecular complexity index is 372. The van der Waals surface area contributed by atoms with E-state index in [1.165, 1.54) is 32.2 Å². The number of halogens is 1. The smallest absolute Gasteiger partial charge is 0.287 e. The van der Waals surface area contributed by atoms with Gasteiger partial charge in [-0.2, -0.15) is 0 Å². The van der Waals surface area contributed by atoms with Crippen LogP contribution in [0, 0.1) is 5.92 Å². The monoisotopic (exact) mass is 256 g/mol. The average Bonchev–Trinajstić information content (AvgIpc) is 2.84. The molecule has 4 nitrogen and oxygen atoms in total. The molecule has 3 aliphatic rings. The Balaban J connectivity index is 0.00000108. The minimum Gasteiger partial charge on any atom is -0.459 e. The number of hydrogen-bond donors (Lipinski definition) is 1. The molecule has 1 amide bonds. The van der Waals surface area contributed by atoms with Gasteiger partial charge in [0.15, 0.2) is 5.76 Å². The molecule has 1 aromatic rings. The van der Waals surface area contributed by atoms with Gasteiger partial charge in [-0.15, -0.1) is 12.4 Å². The first-order valence-corrected chi connectivity index (χ1v) is 5.89. The van der Waals surface area contributed by atoms with E-state index in [2.05, 4.69) is 10.2 Å². The van der Waals surface area contributed by atoms with Crippen molar-refractivity contribution >= 4 is 18.3 Å². The van der Waals surface area contributed by atoms with Crippen LogP contribution in [0.2, 0.25) is 0 Å². The van der Waals surface area contributed by atoms with Crippen molar-refractivity contribution in [3.8, 4) is 0 Å². The van der Waals surface area contributed by atoms with Crippen molar-refractivity contribution in [1.29, 1.82) is 0 Å². The highest BCUT2D eigenvalue weighted by Crippen LogP contribution is 2.27. The number of piperidine rings is 3. The van der Waals surface area contributed by atoms with Crippen LogP contribution in [0.1, 0.15) is 23.4 Å². The predicted octanol–water partition coefficient (Wildman–Crippen LogP) is 1.53. The summed E-state index contributed by atoms with van der Waals surface area (Å²) >= 11 is 0. The number of carbonyl (C=O) groups is 1. The largest absolute Gasteiger partial charge is 0.459 e. The molecule has 0 spiro atoms. The van der Waals surface area contributed by atoms with Crippen molar-refractivity contribution in [3.63, 3.8) is 0 Å². The van der Waals surface area contributed by atoms with E-state index in [9.17, 15) is 4.79 Å². The van der Waals surface area contributed by atoms with Crippen LogP contribution in [0.25, 0.3) is 0 Å². The fourth-order valence-corrected chi connectivity index (χ4v) is 2.78. The zero-order valence-electron chi connectivity index (χ0n) is 9.59. The summed E-state index contributed by atoms with van der Waals surface area (Å²) < 4.78 is 5.09. The molecule has 0 radical (unpaired) electrons. The molecule has 1 atom stereocenters. The fraction of sp³-hybridized carbons (Fsp3) is 0.583. The highest BCUT2D eigenvalue weighted by atomic mass is 35.5. The summed E-state index contributed by atoms with van der Waals surface area (Å²) in [6.45, 7) is 3.38. The van der Waals surface area contributed by atoms with Crippen LogP contribution in [-0.4, -0.2) is 36.5 Å². The molecule has 1 aromatic heterocycles. The molecular formula is C12H17ClN2O2. The topological polar surface area (TPSA) is 45.5 Å². The van der Waals surface area contributed by atoms with E-state index in [-0.39, 0.29) is 18.3 Å². The van der Waals surface area contributed by atoms with Gasteiger partial charge in [0, 0.05) is 12.6 Å². The second-order valence-electron chi connectivity index (χ2n) is 4.70. The van der Waals surface area contributed by atoms with E-state index in [1.54, 1.807) is 12.1 Å². The van der Waals surface area contributed by atoms with Gasteiger partial charge in [-0.3, -0.25) is 4.79 Å². The fourth-order valence-electron chi connectivity index (χ4n) is 2.78. The number of hydrogen-bond acceptors (Lipinski definition) is 3. The standard InChI is InChI=1S/C12H16N2O2.ClH/c15-12(11-2-1-7-16-11)13-10-8-14-5-3-9(10)4-6-14;/h1-2,7,9-10H,3-6,8H2,(H,13,15);1H. The molecule has 17 heavy (non-hydrogen) atoms. The van der Waals surface area contributed by atoms with E-state index >= 15 is 0 Å². The third-order valence-corrected chi connectivity index (χ3v) is 3.72. The predicted molar refractivity (Wildman–Crippen MR) is 66.4 cm³/mol. The van der Waals surface area contributed by atoms with Gasteiger partial charge in [-0.05, 0) is 44.0 Å². The quantitative estimate of drug-likeness (QED) is 0.873. The summed E-state index contributed by atoms with van der Waals surface area (Å²) in [4.78, 5) is 14.3. The summed E-state index contributed by atoms with van der Waals surface area (Å²) in [6, 6.07) is 3.75. The molecule has 3 fully saturated rings. The number of carbonyl (C=O) groups excluding carboxylic acids is 1. The zero-order chi connectivity index (χ0) is 11.0. The summed E-state index contributed by atoms with van der Waals surface area (Å²) in [5.74, 6) is 0.990. The van der Waals surface area contributed by atoms with Crippen LogP contribution < -0.4 is 5.32 Å². The zero-order valence-corrected chi connectivity index (χ0v) is 10.4. The highest BCUT2D eigenvalue weighted by Gasteiger charge is 2.35. The third-order valence-electron chi connectivity index (χ3n) is 3.72.